The zero-order valence-electron chi connectivity index (χ0n) is 59.7. The minimum Gasteiger partial charge on any atom is -0.458 e. The molecular weight excluding hydrogens is 1330 g/mol. The predicted octanol–water partition coefficient (Wildman–Crippen LogP) is 22.7. The largest absolute Gasteiger partial charge is 0.458 e. The molecule has 6 heterocycles. The molecule has 0 spiro atoms. The number of aromatic nitrogens is 2. The maximum atomic E-state index is 7.94. The molecular formula is C102H64B2N4O2. The summed E-state index contributed by atoms with van der Waals surface area (Å²) >= 11 is 0. The summed E-state index contributed by atoms with van der Waals surface area (Å²) in [6, 6.07) is 143. The molecule has 510 valence electrons. The normalized spacial score (nSPS) is 12.8. The van der Waals surface area contributed by atoms with Crippen LogP contribution in [0.15, 0.2) is 388 Å². The summed E-state index contributed by atoms with van der Waals surface area (Å²) in [6.45, 7) is -0.655. The van der Waals surface area contributed by atoms with Crippen molar-refractivity contribution < 1.29 is 9.47 Å². The van der Waals surface area contributed by atoms with Crippen LogP contribution in [0.3, 0.4) is 0 Å². The van der Waals surface area contributed by atoms with Crippen molar-refractivity contribution in [3.05, 3.63) is 388 Å². The minimum atomic E-state index is -0.328. The number of hydrogen-bond acceptors (Lipinski definition) is 4. The van der Waals surface area contributed by atoms with Crippen LogP contribution in [0, 0.1) is 0 Å². The van der Waals surface area contributed by atoms with E-state index in [2.05, 4.69) is 407 Å². The number of benzene rings is 17. The quantitative estimate of drug-likeness (QED) is 0.128. The number of anilines is 6. The summed E-state index contributed by atoms with van der Waals surface area (Å²) in [5.41, 5.74) is 32.9. The Bertz CT molecular complexity index is 6350. The first-order chi connectivity index (χ1) is 54.6. The van der Waals surface area contributed by atoms with Gasteiger partial charge in [-0.25, -0.2) is 0 Å². The highest BCUT2D eigenvalue weighted by Gasteiger charge is 2.48. The van der Waals surface area contributed by atoms with Crippen LogP contribution >= 0.6 is 0 Å². The van der Waals surface area contributed by atoms with Gasteiger partial charge in [-0.3, -0.25) is 0 Å². The molecule has 110 heavy (non-hydrogen) atoms. The maximum Gasteiger partial charge on any atom is 0.256 e. The van der Waals surface area contributed by atoms with Gasteiger partial charge in [-0.05, 0) is 126 Å². The molecule has 23 rings (SSSR count). The Hall–Kier alpha value is -14.3. The predicted molar refractivity (Wildman–Crippen MR) is 459 cm³/mol. The fourth-order valence-electron chi connectivity index (χ4n) is 18.7. The third-order valence-electron chi connectivity index (χ3n) is 23.4. The van der Waals surface area contributed by atoms with E-state index in [1.807, 2.05) is 0 Å². The highest BCUT2D eigenvalue weighted by molar-refractivity contribution is 7.02. The van der Waals surface area contributed by atoms with E-state index in [0.717, 1.165) is 190 Å². The van der Waals surface area contributed by atoms with E-state index >= 15 is 0 Å². The van der Waals surface area contributed by atoms with Gasteiger partial charge in [0.2, 0.25) is 0 Å². The van der Waals surface area contributed by atoms with E-state index in [9.17, 15) is 0 Å². The monoisotopic (exact) mass is 1400 g/mol. The Morgan fingerprint density at radius 1 is 0.200 bits per heavy atom. The molecule has 0 fully saturated rings. The third kappa shape index (κ3) is 9.46. The van der Waals surface area contributed by atoms with E-state index in [1.54, 1.807) is 0 Å². The van der Waals surface area contributed by atoms with Gasteiger partial charge < -0.3 is 28.4 Å². The Morgan fingerprint density at radius 3 is 0.827 bits per heavy atom. The number of rotatable bonds is 10. The Balaban J connectivity index is 0.824. The molecule has 0 radical (unpaired) electrons. The number of ether oxygens (including phenoxy) is 2. The van der Waals surface area contributed by atoms with Crippen LogP contribution in [-0.2, 0) is 0 Å². The molecule has 0 aliphatic carbocycles. The van der Waals surface area contributed by atoms with Crippen LogP contribution in [0.25, 0.3) is 122 Å². The second kappa shape index (κ2) is 24.6. The molecule has 0 N–H and O–H groups in total. The van der Waals surface area contributed by atoms with Gasteiger partial charge in [0, 0.05) is 84.7 Å². The van der Waals surface area contributed by atoms with Crippen molar-refractivity contribution >= 4 is 124 Å². The average molecular weight is 1400 g/mol. The second-order valence-electron chi connectivity index (χ2n) is 29.3. The van der Waals surface area contributed by atoms with Crippen LogP contribution < -0.4 is 52.1 Å². The summed E-state index contributed by atoms with van der Waals surface area (Å²) in [7, 11) is 0. The molecule has 0 amide bonds. The van der Waals surface area contributed by atoms with Gasteiger partial charge >= 0.3 is 0 Å². The highest BCUT2D eigenvalue weighted by Crippen LogP contribution is 2.54. The van der Waals surface area contributed by atoms with Crippen LogP contribution in [-0.4, -0.2) is 22.6 Å². The molecule has 0 unspecified atom stereocenters. The molecule has 4 aliphatic rings. The van der Waals surface area contributed by atoms with Gasteiger partial charge in [0.1, 0.15) is 23.0 Å². The van der Waals surface area contributed by atoms with Gasteiger partial charge in [0.05, 0.1) is 44.8 Å². The zero-order chi connectivity index (χ0) is 72.1. The molecule has 2 aromatic heterocycles. The SMILES string of the molecule is c1ccc(-c2ccc3c(c2)N(c2c(-c4ccccc4)cccc2-c2ccccc2)c2cc(-n4c5ccccc5c5ccccc54)cc4c2B3c2cc3c(cc2O4)Oc2cc(-n4c5ccccc5c5ccccc54)cc4c2B3c2ccc(-c3ccccc3)cc2N4c2c(-c3ccccc3)cccc2-c2ccccc2)cc1. The van der Waals surface area contributed by atoms with Crippen molar-refractivity contribution in [3.8, 4) is 101 Å². The molecule has 19 aromatic rings. The lowest BCUT2D eigenvalue weighted by atomic mass is 9.31. The summed E-state index contributed by atoms with van der Waals surface area (Å²) in [6.07, 6.45) is 0. The molecule has 0 saturated carbocycles. The van der Waals surface area contributed by atoms with E-state index in [-0.39, 0.29) is 13.4 Å². The van der Waals surface area contributed by atoms with Crippen LogP contribution in [0.4, 0.5) is 34.1 Å². The van der Waals surface area contributed by atoms with E-state index < -0.39 is 0 Å². The van der Waals surface area contributed by atoms with Crippen molar-refractivity contribution in [2.24, 2.45) is 0 Å². The van der Waals surface area contributed by atoms with E-state index in [4.69, 9.17) is 9.47 Å². The van der Waals surface area contributed by atoms with Gasteiger partial charge in [-0.15, -0.1) is 0 Å². The number of para-hydroxylation sites is 6. The fraction of sp³-hybridized carbons (Fsp3) is 0. The minimum absolute atomic E-state index is 0.328. The fourth-order valence-corrected chi connectivity index (χ4v) is 18.7. The third-order valence-corrected chi connectivity index (χ3v) is 23.4. The van der Waals surface area contributed by atoms with Gasteiger partial charge in [-0.1, -0.05) is 322 Å². The molecule has 8 heteroatoms. The average Bonchev–Trinajstić information content (AvgIpc) is 0.728. The first kappa shape index (κ1) is 61.9. The molecule has 4 aliphatic heterocycles. The van der Waals surface area contributed by atoms with Crippen LogP contribution in [0.2, 0.25) is 0 Å². The van der Waals surface area contributed by atoms with Crippen molar-refractivity contribution in [1.29, 1.82) is 0 Å². The second-order valence-corrected chi connectivity index (χ2v) is 29.3. The van der Waals surface area contributed by atoms with Crippen molar-refractivity contribution in [2.45, 2.75) is 0 Å². The van der Waals surface area contributed by atoms with Crippen LogP contribution in [0.5, 0.6) is 23.0 Å². The topological polar surface area (TPSA) is 34.8 Å². The lowest BCUT2D eigenvalue weighted by Crippen LogP contribution is -2.63. The van der Waals surface area contributed by atoms with E-state index in [0.29, 0.717) is 0 Å². The number of hydrogen-bond donors (Lipinski definition) is 0. The first-order valence-corrected chi connectivity index (χ1v) is 37.9. The Morgan fingerprint density at radius 2 is 0.500 bits per heavy atom. The summed E-state index contributed by atoms with van der Waals surface area (Å²) in [5, 5.41) is 4.73. The lowest BCUT2D eigenvalue weighted by Gasteiger charge is -2.43. The van der Waals surface area contributed by atoms with Crippen molar-refractivity contribution in [1.82, 2.24) is 9.13 Å². The standard InChI is InChI=1S/C102H64B2N4O2/c1-7-29-65(30-8-1)71-53-55-83-91(57-71)107(101-75(67-33-11-3-12-34-67)45-27-46-76(101)68-35-13-4-14-36-68)93-59-73(105-87-49-23-19-41-79(87)80-42-20-24-50-88(80)105)61-97-99(93)103(83)85-63-86-96(64-95(85)109-97)110-98-62-74(106-89-51-25-21-43-81(89)82-44-22-26-52-90(82)106)60-94-100(98)104(86)84-56-54-72(66-31-9-2-10-32-66)58-92(84)108(94)102-77(69-37-15-5-16-38-69)47-28-48-78(102)70-39-17-6-18-40-70/h1-64H. The van der Waals surface area contributed by atoms with Crippen molar-refractivity contribution in [2.75, 3.05) is 9.80 Å². The van der Waals surface area contributed by atoms with Gasteiger partial charge in [0.15, 0.2) is 0 Å². The van der Waals surface area contributed by atoms with Crippen molar-refractivity contribution in [3.63, 3.8) is 0 Å². The smallest absolute Gasteiger partial charge is 0.256 e. The Labute approximate surface area is 637 Å². The zero-order valence-corrected chi connectivity index (χ0v) is 59.7. The number of nitrogens with zero attached hydrogens (tertiary/aromatic N) is 4. The molecule has 0 saturated heterocycles. The van der Waals surface area contributed by atoms with Gasteiger partial charge in [0.25, 0.3) is 13.4 Å². The summed E-state index contributed by atoms with van der Waals surface area (Å²) in [5.74, 6) is 3.06. The molecule has 17 aromatic carbocycles. The summed E-state index contributed by atoms with van der Waals surface area (Å²) in [4.78, 5) is 5.19. The van der Waals surface area contributed by atoms with Crippen LogP contribution in [0.1, 0.15) is 0 Å². The number of fused-ring (bicyclic) bond motifs is 14. The summed E-state index contributed by atoms with van der Waals surface area (Å²) < 4.78 is 20.8. The Kier molecular flexibility index (Phi) is 13.9. The first-order valence-electron chi connectivity index (χ1n) is 37.9. The lowest BCUT2D eigenvalue weighted by molar-refractivity contribution is 0.465. The van der Waals surface area contributed by atoms with E-state index in [1.165, 1.54) is 21.5 Å². The molecule has 0 bridgehead atoms. The molecule has 6 nitrogen and oxygen atoms in total. The highest BCUT2D eigenvalue weighted by atomic mass is 16.5. The maximum absolute atomic E-state index is 7.94. The van der Waals surface area contributed by atoms with Gasteiger partial charge in [-0.2, -0.15) is 0 Å². The molecule has 0 atom stereocenters.